The number of hydrogen-bond donors (Lipinski definition) is 0. The van der Waals surface area contributed by atoms with E-state index in [0.717, 1.165) is 12.6 Å². The first-order valence-electron chi connectivity index (χ1n) is 7.11. The largest absolute Gasteiger partial charge is 0.454 e. The molecule has 7 heteroatoms. The summed E-state index contributed by atoms with van der Waals surface area (Å²) in [5.74, 6) is -1.99. The third-order valence-corrected chi connectivity index (χ3v) is 3.76. The van der Waals surface area contributed by atoms with E-state index in [1.165, 1.54) is 6.07 Å². The first kappa shape index (κ1) is 17.0. The van der Waals surface area contributed by atoms with Crippen LogP contribution >= 0.6 is 0 Å². The Bertz CT molecular complexity index is 641. The summed E-state index contributed by atoms with van der Waals surface area (Å²) in [6.45, 7) is 7.00. The summed E-state index contributed by atoms with van der Waals surface area (Å²) in [6.07, 6.45) is -3.20. The highest BCUT2D eigenvalue weighted by Gasteiger charge is 2.41. The quantitative estimate of drug-likeness (QED) is 0.631. The van der Waals surface area contributed by atoms with Crippen LogP contribution in [0.15, 0.2) is 30.9 Å². The fraction of sp³-hybridized carbons (Fsp3) is 0.375. The summed E-state index contributed by atoms with van der Waals surface area (Å²) in [5.41, 5.74) is -0.432. The molecule has 1 aliphatic heterocycles. The molecule has 2 rings (SSSR count). The van der Waals surface area contributed by atoms with Crippen molar-refractivity contribution in [3.05, 3.63) is 42.0 Å². The number of nitrogens with zero attached hydrogens (tertiary/aromatic N) is 3. The Morgan fingerprint density at radius 1 is 1.30 bits per heavy atom. The second-order valence-corrected chi connectivity index (χ2v) is 5.21. The summed E-state index contributed by atoms with van der Waals surface area (Å²) in [5, 5.41) is 9.26. The topological polar surface area (TPSA) is 47.3 Å². The molecule has 1 aromatic rings. The Balaban J connectivity index is 2.29. The van der Waals surface area contributed by atoms with Gasteiger partial charge in [0.05, 0.1) is 11.3 Å². The number of Topliss-reactive ketones (excluding diaryl/α,β-unsaturated/α-hetero) is 1. The molecule has 0 radical (unpaired) electrons. The van der Waals surface area contributed by atoms with Crippen LogP contribution in [-0.2, 0) is 0 Å². The number of alkyl halides is 3. The van der Waals surface area contributed by atoms with Gasteiger partial charge in [0.15, 0.2) is 0 Å². The molecule has 1 aliphatic rings. The van der Waals surface area contributed by atoms with Gasteiger partial charge in [-0.3, -0.25) is 9.69 Å². The summed E-state index contributed by atoms with van der Waals surface area (Å²) in [6, 6.07) is 5.76. The molecule has 1 fully saturated rings. The Labute approximate surface area is 132 Å². The number of rotatable bonds is 4. The van der Waals surface area contributed by atoms with E-state index in [9.17, 15) is 23.2 Å². The molecule has 23 heavy (non-hydrogen) atoms. The highest BCUT2D eigenvalue weighted by molar-refractivity contribution is 6.03. The van der Waals surface area contributed by atoms with E-state index < -0.39 is 17.5 Å². The smallest absolute Gasteiger partial charge is 0.368 e. The molecule has 0 atom stereocenters. The number of benzene rings is 1. The van der Waals surface area contributed by atoms with E-state index >= 15 is 0 Å². The van der Waals surface area contributed by atoms with Crippen molar-refractivity contribution in [2.75, 3.05) is 37.6 Å². The van der Waals surface area contributed by atoms with Crippen LogP contribution in [0.2, 0.25) is 0 Å². The second kappa shape index (κ2) is 6.84. The van der Waals surface area contributed by atoms with Crippen molar-refractivity contribution >= 4 is 11.5 Å². The molecule has 0 bridgehead atoms. The second-order valence-electron chi connectivity index (χ2n) is 5.21. The van der Waals surface area contributed by atoms with Crippen LogP contribution in [0, 0.1) is 11.3 Å². The molecule has 122 valence electrons. The molecule has 0 unspecified atom stereocenters. The lowest BCUT2D eigenvalue weighted by molar-refractivity contribution is -0.0885. The van der Waals surface area contributed by atoms with Gasteiger partial charge in [0.2, 0.25) is 0 Å². The number of ketones is 1. The molecule has 1 aromatic carbocycles. The van der Waals surface area contributed by atoms with Gasteiger partial charge in [0, 0.05) is 38.3 Å². The van der Waals surface area contributed by atoms with E-state index in [-0.39, 0.29) is 5.56 Å². The van der Waals surface area contributed by atoms with E-state index in [0.29, 0.717) is 31.9 Å². The third kappa shape index (κ3) is 3.71. The van der Waals surface area contributed by atoms with Gasteiger partial charge in [0.1, 0.15) is 6.07 Å². The fourth-order valence-electron chi connectivity index (χ4n) is 2.62. The lowest BCUT2D eigenvalue weighted by Gasteiger charge is -2.36. The highest BCUT2D eigenvalue weighted by atomic mass is 19.4. The Morgan fingerprint density at radius 3 is 2.48 bits per heavy atom. The predicted octanol–water partition coefficient (Wildman–Crippen LogP) is 2.61. The number of halogens is 3. The zero-order valence-electron chi connectivity index (χ0n) is 12.4. The molecule has 0 spiro atoms. The van der Waals surface area contributed by atoms with Crippen LogP contribution in [0.3, 0.4) is 0 Å². The fourth-order valence-corrected chi connectivity index (χ4v) is 2.62. The van der Waals surface area contributed by atoms with Crippen molar-refractivity contribution in [3.63, 3.8) is 0 Å². The number of hydrogen-bond acceptors (Lipinski definition) is 4. The van der Waals surface area contributed by atoms with Crippen LogP contribution in [0.4, 0.5) is 18.9 Å². The summed E-state index contributed by atoms with van der Waals surface area (Å²) in [4.78, 5) is 15.5. The van der Waals surface area contributed by atoms with Crippen LogP contribution in [-0.4, -0.2) is 49.6 Å². The number of carbonyl (C=O) groups is 1. The van der Waals surface area contributed by atoms with Crippen molar-refractivity contribution < 1.29 is 18.0 Å². The molecule has 0 amide bonds. The maximum absolute atomic E-state index is 12.7. The van der Waals surface area contributed by atoms with Crippen molar-refractivity contribution in [2.45, 2.75) is 6.18 Å². The van der Waals surface area contributed by atoms with E-state index in [2.05, 4.69) is 11.5 Å². The van der Waals surface area contributed by atoms with Gasteiger partial charge in [-0.15, -0.1) is 6.58 Å². The maximum Gasteiger partial charge on any atom is 0.454 e. The molecule has 1 saturated heterocycles. The Kier molecular flexibility index (Phi) is 5.06. The minimum atomic E-state index is -4.99. The lowest BCUT2D eigenvalue weighted by Crippen LogP contribution is -2.46. The SMILES string of the molecule is C=CCN1CCN(c2cccc(C(=O)C(F)(F)F)c2C#N)CC1. The summed E-state index contributed by atoms with van der Waals surface area (Å²) in [7, 11) is 0. The normalized spacial score (nSPS) is 16.0. The monoisotopic (exact) mass is 323 g/mol. The average molecular weight is 323 g/mol. The van der Waals surface area contributed by atoms with Gasteiger partial charge < -0.3 is 4.90 Å². The maximum atomic E-state index is 12.7. The molecular weight excluding hydrogens is 307 g/mol. The predicted molar refractivity (Wildman–Crippen MR) is 80.4 cm³/mol. The van der Waals surface area contributed by atoms with E-state index in [4.69, 9.17) is 0 Å². The zero-order chi connectivity index (χ0) is 17.0. The number of piperazine rings is 1. The molecule has 0 N–H and O–H groups in total. The van der Waals surface area contributed by atoms with Crippen LogP contribution in [0.5, 0.6) is 0 Å². The number of nitriles is 1. The third-order valence-electron chi connectivity index (χ3n) is 3.76. The minimum absolute atomic E-state index is 0.216. The van der Waals surface area contributed by atoms with E-state index in [1.54, 1.807) is 18.2 Å². The molecular formula is C16H16F3N3O. The van der Waals surface area contributed by atoms with Gasteiger partial charge in [-0.05, 0) is 12.1 Å². The van der Waals surface area contributed by atoms with Crippen molar-refractivity contribution in [1.82, 2.24) is 4.90 Å². The highest BCUT2D eigenvalue weighted by Crippen LogP contribution is 2.29. The van der Waals surface area contributed by atoms with Gasteiger partial charge in [-0.25, -0.2) is 0 Å². The lowest BCUT2D eigenvalue weighted by atomic mass is 10.0. The van der Waals surface area contributed by atoms with E-state index in [1.807, 2.05) is 4.90 Å². The molecule has 0 aromatic heterocycles. The summed E-state index contributed by atoms with van der Waals surface area (Å²) >= 11 is 0. The Morgan fingerprint density at radius 2 is 1.96 bits per heavy atom. The van der Waals surface area contributed by atoms with Crippen molar-refractivity contribution in [1.29, 1.82) is 5.26 Å². The van der Waals surface area contributed by atoms with Gasteiger partial charge in [0.25, 0.3) is 5.78 Å². The first-order valence-corrected chi connectivity index (χ1v) is 7.11. The van der Waals surface area contributed by atoms with Crippen LogP contribution in [0.25, 0.3) is 0 Å². The first-order chi connectivity index (χ1) is 10.9. The molecule has 1 heterocycles. The number of carbonyl (C=O) groups excluding carboxylic acids is 1. The van der Waals surface area contributed by atoms with Gasteiger partial charge in [-0.1, -0.05) is 12.1 Å². The van der Waals surface area contributed by atoms with Gasteiger partial charge in [-0.2, -0.15) is 18.4 Å². The van der Waals surface area contributed by atoms with Crippen LogP contribution < -0.4 is 4.90 Å². The van der Waals surface area contributed by atoms with Crippen molar-refractivity contribution in [2.24, 2.45) is 0 Å². The standard InChI is InChI=1S/C16H16F3N3O/c1-2-6-21-7-9-22(10-8-21)14-5-3-4-12(13(14)11-20)15(23)16(17,18)19/h2-5H,1,6-10H2. The minimum Gasteiger partial charge on any atom is -0.368 e. The Hall–Kier alpha value is -2.33. The number of anilines is 1. The summed E-state index contributed by atoms with van der Waals surface area (Å²) < 4.78 is 38.0. The van der Waals surface area contributed by atoms with Crippen molar-refractivity contribution in [3.8, 4) is 6.07 Å². The average Bonchev–Trinajstić information content (AvgIpc) is 2.53. The molecule has 0 aliphatic carbocycles. The van der Waals surface area contributed by atoms with Gasteiger partial charge >= 0.3 is 6.18 Å². The molecule has 4 nitrogen and oxygen atoms in total. The zero-order valence-corrected chi connectivity index (χ0v) is 12.4. The molecule has 0 saturated carbocycles. The van der Waals surface area contributed by atoms with Crippen LogP contribution in [0.1, 0.15) is 15.9 Å².